The number of aryl methyl sites for hydroxylation is 1. The number of rotatable bonds is 11. The van der Waals surface area contributed by atoms with Crippen molar-refractivity contribution in [1.82, 2.24) is 20.2 Å². The van der Waals surface area contributed by atoms with Crippen molar-refractivity contribution in [3.8, 4) is 5.75 Å². The van der Waals surface area contributed by atoms with E-state index in [0.29, 0.717) is 28.7 Å². The lowest BCUT2D eigenvalue weighted by Crippen LogP contribution is -2.47. The lowest BCUT2D eigenvalue weighted by atomic mass is 10.0. The van der Waals surface area contributed by atoms with E-state index in [2.05, 4.69) is 37.7 Å². The second-order valence-electron chi connectivity index (χ2n) is 10.9. The first-order chi connectivity index (χ1) is 21.2. The van der Waals surface area contributed by atoms with Crippen molar-refractivity contribution >= 4 is 39.1 Å². The molecule has 1 fully saturated rings. The standard InChI is InChI=1S/C30H38F3N7O4S/c1-6-40-13-7-8-22(18-40)36-28(41)20-11-12-24(26(15-20)44-4)37-29-35-17-23(30(31,32)33)27(38-29)34-16-21-10-9-19(2)14-25(21)39(3)45(5,42)43/h9-12,14-15,17,22H,6-8,13,16,18H2,1-5H3,(H,36,41)(H2,34,35,37,38)/t22-/m1/s1. The Morgan fingerprint density at radius 2 is 1.96 bits per heavy atom. The fourth-order valence-electron chi connectivity index (χ4n) is 5.04. The highest BCUT2D eigenvalue weighted by molar-refractivity contribution is 7.92. The highest BCUT2D eigenvalue weighted by atomic mass is 32.2. The normalized spacial score (nSPS) is 15.8. The lowest BCUT2D eigenvalue weighted by molar-refractivity contribution is -0.137. The maximum atomic E-state index is 13.9. The van der Waals surface area contributed by atoms with Gasteiger partial charge in [-0.15, -0.1) is 0 Å². The minimum atomic E-state index is -4.76. The van der Waals surface area contributed by atoms with Crippen LogP contribution in [0.1, 0.15) is 46.8 Å². The second-order valence-corrected chi connectivity index (χ2v) is 12.9. The van der Waals surface area contributed by atoms with E-state index in [1.165, 1.54) is 14.2 Å². The first kappa shape index (κ1) is 33.8. The fraction of sp³-hybridized carbons (Fsp3) is 0.433. The summed E-state index contributed by atoms with van der Waals surface area (Å²) < 4.78 is 72.6. The van der Waals surface area contributed by atoms with Gasteiger partial charge in [-0.2, -0.15) is 18.2 Å². The summed E-state index contributed by atoms with van der Waals surface area (Å²) >= 11 is 0. The molecule has 0 saturated carbocycles. The Bertz CT molecular complexity index is 1640. The molecule has 11 nitrogen and oxygen atoms in total. The molecule has 0 unspecified atom stereocenters. The number of nitrogens with zero attached hydrogens (tertiary/aromatic N) is 4. The number of sulfonamides is 1. The van der Waals surface area contributed by atoms with Crippen LogP contribution in [0.5, 0.6) is 5.75 Å². The molecule has 0 bridgehead atoms. The van der Waals surface area contributed by atoms with Crippen molar-refractivity contribution in [2.24, 2.45) is 0 Å². The minimum Gasteiger partial charge on any atom is -0.495 e. The van der Waals surface area contributed by atoms with Crippen molar-refractivity contribution in [3.05, 3.63) is 64.8 Å². The number of anilines is 4. The van der Waals surface area contributed by atoms with Gasteiger partial charge in [0.05, 0.1) is 24.7 Å². The van der Waals surface area contributed by atoms with Gasteiger partial charge >= 0.3 is 6.18 Å². The van der Waals surface area contributed by atoms with E-state index in [1.807, 2.05) is 0 Å². The van der Waals surface area contributed by atoms with E-state index in [9.17, 15) is 26.4 Å². The highest BCUT2D eigenvalue weighted by Crippen LogP contribution is 2.36. The van der Waals surface area contributed by atoms with Crippen LogP contribution in [0.25, 0.3) is 0 Å². The molecule has 45 heavy (non-hydrogen) atoms. The van der Waals surface area contributed by atoms with Gasteiger partial charge in [0, 0.05) is 37.9 Å². The van der Waals surface area contributed by atoms with Crippen LogP contribution < -0.4 is 25.0 Å². The van der Waals surface area contributed by atoms with E-state index in [4.69, 9.17) is 4.74 Å². The Hall–Kier alpha value is -4.11. The molecule has 1 saturated heterocycles. The number of likely N-dealkylation sites (tertiary alicyclic amines) is 1. The van der Waals surface area contributed by atoms with E-state index < -0.39 is 27.6 Å². The van der Waals surface area contributed by atoms with Crippen LogP contribution in [-0.4, -0.2) is 75.3 Å². The monoisotopic (exact) mass is 649 g/mol. The smallest absolute Gasteiger partial charge is 0.421 e. The molecule has 4 rings (SSSR count). The molecule has 1 aromatic heterocycles. The number of likely N-dealkylation sites (N-methyl/N-ethyl adjacent to an activating group) is 1. The largest absolute Gasteiger partial charge is 0.495 e. The number of amides is 1. The Balaban J connectivity index is 1.56. The summed E-state index contributed by atoms with van der Waals surface area (Å²) in [6.07, 6.45) is -1.17. The van der Waals surface area contributed by atoms with Crippen molar-refractivity contribution in [1.29, 1.82) is 0 Å². The Kier molecular flexibility index (Phi) is 10.4. The number of carbonyl (C=O) groups excluding carboxylic acids is 1. The van der Waals surface area contributed by atoms with E-state index >= 15 is 0 Å². The maximum Gasteiger partial charge on any atom is 0.421 e. The number of hydrogen-bond donors (Lipinski definition) is 3. The van der Waals surface area contributed by atoms with Crippen LogP contribution in [0.15, 0.2) is 42.6 Å². The van der Waals surface area contributed by atoms with Crippen LogP contribution in [0.2, 0.25) is 0 Å². The van der Waals surface area contributed by atoms with Crippen molar-refractivity contribution < 1.29 is 31.1 Å². The number of methoxy groups -OCH3 is 1. The zero-order chi connectivity index (χ0) is 32.9. The Labute approximate surface area is 261 Å². The van der Waals surface area contributed by atoms with Gasteiger partial charge in [0.25, 0.3) is 5.91 Å². The van der Waals surface area contributed by atoms with E-state index in [-0.39, 0.29) is 30.2 Å². The summed E-state index contributed by atoms with van der Waals surface area (Å²) in [6.45, 7) is 6.41. The third kappa shape index (κ3) is 8.54. The number of nitrogens with one attached hydrogen (secondary N) is 3. The molecule has 3 N–H and O–H groups in total. The predicted molar refractivity (Wildman–Crippen MR) is 168 cm³/mol. The number of hydrogen-bond acceptors (Lipinski definition) is 9. The molecular weight excluding hydrogens is 611 g/mol. The Morgan fingerprint density at radius 3 is 2.62 bits per heavy atom. The molecule has 0 radical (unpaired) electrons. The number of carbonyl (C=O) groups is 1. The number of aromatic nitrogens is 2. The molecule has 1 atom stereocenters. The molecule has 15 heteroatoms. The number of alkyl halides is 3. The summed E-state index contributed by atoms with van der Waals surface area (Å²) in [6, 6.07) is 9.74. The predicted octanol–water partition coefficient (Wildman–Crippen LogP) is 4.78. The average Bonchev–Trinajstić information content (AvgIpc) is 2.99. The van der Waals surface area contributed by atoms with Gasteiger partial charge in [0.2, 0.25) is 16.0 Å². The van der Waals surface area contributed by atoms with Crippen LogP contribution in [0.4, 0.5) is 36.3 Å². The maximum absolute atomic E-state index is 13.9. The van der Waals surface area contributed by atoms with Gasteiger partial charge < -0.3 is 25.6 Å². The molecule has 0 aliphatic carbocycles. The molecule has 244 valence electrons. The van der Waals surface area contributed by atoms with Crippen molar-refractivity contribution in [2.75, 3.05) is 55.0 Å². The van der Waals surface area contributed by atoms with E-state index in [1.54, 1.807) is 43.3 Å². The lowest BCUT2D eigenvalue weighted by Gasteiger charge is -2.32. The van der Waals surface area contributed by atoms with Crippen LogP contribution >= 0.6 is 0 Å². The first-order valence-electron chi connectivity index (χ1n) is 14.4. The average molecular weight is 650 g/mol. The van der Waals surface area contributed by atoms with Crippen LogP contribution in [0.3, 0.4) is 0 Å². The number of halogens is 3. The molecule has 2 heterocycles. The molecular formula is C30H38F3N7O4S. The Morgan fingerprint density at radius 1 is 1.20 bits per heavy atom. The van der Waals surface area contributed by atoms with Gasteiger partial charge in [0.15, 0.2) is 0 Å². The number of piperidine rings is 1. The SMILES string of the molecule is CCN1CCC[C@@H](NC(=O)c2ccc(Nc3ncc(C(F)(F)F)c(NCc4ccc(C)cc4N(C)S(C)(=O)=O)n3)c(OC)c2)C1. The van der Waals surface area contributed by atoms with Gasteiger partial charge in [-0.1, -0.05) is 19.1 Å². The van der Waals surface area contributed by atoms with Crippen LogP contribution in [0, 0.1) is 6.92 Å². The molecule has 1 amide bonds. The summed E-state index contributed by atoms with van der Waals surface area (Å²) in [5.74, 6) is -0.637. The quantitative estimate of drug-likeness (QED) is 0.269. The number of benzene rings is 2. The van der Waals surface area contributed by atoms with E-state index in [0.717, 1.165) is 48.6 Å². The van der Waals surface area contributed by atoms with Gasteiger partial charge in [0.1, 0.15) is 17.1 Å². The minimum absolute atomic E-state index is 0.0317. The summed E-state index contributed by atoms with van der Waals surface area (Å²) in [5.41, 5.74) is 1.16. The highest BCUT2D eigenvalue weighted by Gasteiger charge is 2.35. The molecule has 2 aromatic carbocycles. The van der Waals surface area contributed by atoms with Crippen LogP contribution in [-0.2, 0) is 22.7 Å². The summed E-state index contributed by atoms with van der Waals surface area (Å²) in [7, 11) is -0.839. The van der Waals surface area contributed by atoms with Gasteiger partial charge in [-0.25, -0.2) is 13.4 Å². The molecule has 1 aliphatic heterocycles. The molecule has 3 aromatic rings. The van der Waals surface area contributed by atoms with Crippen molar-refractivity contribution in [2.45, 2.75) is 45.5 Å². The van der Waals surface area contributed by atoms with Gasteiger partial charge in [-0.05, 0) is 68.2 Å². The summed E-state index contributed by atoms with van der Waals surface area (Å²) in [5, 5.41) is 8.65. The zero-order valence-corrected chi connectivity index (χ0v) is 26.6. The number of ether oxygens (including phenoxy) is 1. The zero-order valence-electron chi connectivity index (χ0n) is 25.8. The third-order valence-electron chi connectivity index (χ3n) is 7.62. The van der Waals surface area contributed by atoms with Crippen molar-refractivity contribution in [3.63, 3.8) is 0 Å². The molecule has 1 aliphatic rings. The fourth-order valence-corrected chi connectivity index (χ4v) is 5.57. The first-order valence-corrected chi connectivity index (χ1v) is 16.2. The van der Waals surface area contributed by atoms with Gasteiger partial charge in [-0.3, -0.25) is 9.10 Å². The third-order valence-corrected chi connectivity index (χ3v) is 8.81. The summed E-state index contributed by atoms with van der Waals surface area (Å²) in [4.78, 5) is 23.2. The second kappa shape index (κ2) is 13.9. The topological polar surface area (TPSA) is 129 Å². The molecule has 0 spiro atoms.